The lowest BCUT2D eigenvalue weighted by molar-refractivity contribution is 0.0693. The summed E-state index contributed by atoms with van der Waals surface area (Å²) in [5.41, 5.74) is 0.171. The van der Waals surface area contributed by atoms with Crippen LogP contribution in [0, 0.1) is 5.92 Å². The van der Waals surface area contributed by atoms with Crippen LogP contribution in [0.5, 0.6) is 0 Å². The van der Waals surface area contributed by atoms with Gasteiger partial charge < -0.3 is 9.52 Å². The number of furan rings is 1. The van der Waals surface area contributed by atoms with Crippen LogP contribution < -0.4 is 0 Å². The van der Waals surface area contributed by atoms with Crippen molar-refractivity contribution < 1.29 is 18.5 Å². The summed E-state index contributed by atoms with van der Waals surface area (Å²) in [6.07, 6.45) is 1.38. The number of carboxylic acid groups (broad SMARTS) is 1. The smallest absolute Gasteiger partial charge is 0.339 e. The minimum absolute atomic E-state index is 0.152. The molecule has 5 heteroatoms. The van der Waals surface area contributed by atoms with Crippen LogP contribution >= 0.6 is 0 Å². The number of aromatic carboxylic acids is 1. The van der Waals surface area contributed by atoms with Crippen LogP contribution in [0.2, 0.25) is 0 Å². The second-order valence-electron chi connectivity index (χ2n) is 5.98. The Morgan fingerprint density at radius 1 is 1.42 bits per heavy atom. The van der Waals surface area contributed by atoms with Crippen LogP contribution in [0.15, 0.2) is 16.7 Å². The summed E-state index contributed by atoms with van der Waals surface area (Å²) < 4.78 is 17.3. The third-order valence-corrected chi connectivity index (χ3v) is 5.11. The summed E-state index contributed by atoms with van der Waals surface area (Å²) >= 11 is 0. The van der Waals surface area contributed by atoms with E-state index in [4.69, 9.17) is 9.52 Å². The van der Waals surface area contributed by atoms with E-state index in [-0.39, 0.29) is 22.1 Å². The average molecular weight is 286 g/mol. The SMILES string of the molecule is CC(C)C(CS(=O)C(C)(C)C)c1occc1C(=O)O. The molecular weight excluding hydrogens is 264 g/mol. The van der Waals surface area contributed by atoms with Crippen LogP contribution in [0.3, 0.4) is 0 Å². The molecule has 0 aliphatic carbocycles. The summed E-state index contributed by atoms with van der Waals surface area (Å²) in [6.45, 7) is 9.72. The Morgan fingerprint density at radius 3 is 2.42 bits per heavy atom. The topological polar surface area (TPSA) is 67.5 Å². The number of hydrogen-bond acceptors (Lipinski definition) is 3. The summed E-state index contributed by atoms with van der Waals surface area (Å²) in [5, 5.41) is 9.14. The lowest BCUT2D eigenvalue weighted by atomic mass is 9.93. The molecule has 1 aromatic heterocycles. The Balaban J connectivity index is 3.05. The van der Waals surface area contributed by atoms with E-state index < -0.39 is 16.8 Å². The molecule has 0 saturated heterocycles. The quantitative estimate of drug-likeness (QED) is 0.902. The molecule has 0 bridgehead atoms. The van der Waals surface area contributed by atoms with Gasteiger partial charge in [0.15, 0.2) is 0 Å². The monoisotopic (exact) mass is 286 g/mol. The van der Waals surface area contributed by atoms with Gasteiger partial charge in [0.25, 0.3) is 0 Å². The van der Waals surface area contributed by atoms with E-state index in [9.17, 15) is 9.00 Å². The van der Waals surface area contributed by atoms with E-state index in [1.54, 1.807) is 0 Å². The van der Waals surface area contributed by atoms with Crippen molar-refractivity contribution in [1.82, 2.24) is 0 Å². The third-order valence-electron chi connectivity index (χ3n) is 3.08. The fraction of sp³-hybridized carbons (Fsp3) is 0.643. The molecule has 0 aliphatic rings. The van der Waals surface area contributed by atoms with Gasteiger partial charge in [0.1, 0.15) is 11.3 Å². The first-order chi connectivity index (χ1) is 8.64. The zero-order chi connectivity index (χ0) is 14.8. The highest BCUT2D eigenvalue weighted by Gasteiger charge is 2.30. The molecule has 108 valence electrons. The van der Waals surface area contributed by atoms with Gasteiger partial charge in [-0.1, -0.05) is 13.8 Å². The molecule has 1 aromatic rings. The number of hydrogen-bond donors (Lipinski definition) is 1. The summed E-state index contributed by atoms with van der Waals surface area (Å²) in [6, 6.07) is 1.45. The largest absolute Gasteiger partial charge is 0.478 e. The molecule has 0 amide bonds. The molecule has 19 heavy (non-hydrogen) atoms. The van der Waals surface area contributed by atoms with Crippen molar-refractivity contribution in [3.63, 3.8) is 0 Å². The molecule has 0 saturated carbocycles. The van der Waals surface area contributed by atoms with Crippen LogP contribution in [0.4, 0.5) is 0 Å². The number of carboxylic acids is 1. The molecule has 0 spiro atoms. The molecule has 1 N–H and O–H groups in total. The molecule has 4 nitrogen and oxygen atoms in total. The van der Waals surface area contributed by atoms with Crippen LogP contribution in [0.1, 0.15) is 56.7 Å². The lowest BCUT2D eigenvalue weighted by Gasteiger charge is -2.24. The molecule has 0 radical (unpaired) electrons. The highest BCUT2D eigenvalue weighted by Crippen LogP contribution is 2.31. The van der Waals surface area contributed by atoms with E-state index in [0.717, 1.165) is 0 Å². The van der Waals surface area contributed by atoms with Gasteiger partial charge in [0.2, 0.25) is 0 Å². The fourth-order valence-electron chi connectivity index (χ4n) is 1.77. The molecule has 0 fully saturated rings. The second-order valence-corrected chi connectivity index (χ2v) is 8.23. The third kappa shape index (κ3) is 3.93. The highest BCUT2D eigenvalue weighted by molar-refractivity contribution is 7.86. The van der Waals surface area contributed by atoms with E-state index in [1.165, 1.54) is 12.3 Å². The van der Waals surface area contributed by atoms with Crippen molar-refractivity contribution in [2.75, 3.05) is 5.75 Å². The number of carbonyl (C=O) groups is 1. The highest BCUT2D eigenvalue weighted by atomic mass is 32.2. The Hall–Kier alpha value is -1.10. The van der Waals surface area contributed by atoms with Gasteiger partial charge in [-0.3, -0.25) is 4.21 Å². The fourth-order valence-corrected chi connectivity index (χ4v) is 3.13. The average Bonchev–Trinajstić information content (AvgIpc) is 2.71. The van der Waals surface area contributed by atoms with Crippen LogP contribution in [-0.2, 0) is 10.8 Å². The van der Waals surface area contributed by atoms with E-state index in [1.807, 2.05) is 34.6 Å². The minimum Gasteiger partial charge on any atom is -0.478 e. The maximum Gasteiger partial charge on any atom is 0.339 e. The van der Waals surface area contributed by atoms with Crippen molar-refractivity contribution in [1.29, 1.82) is 0 Å². The van der Waals surface area contributed by atoms with Gasteiger partial charge in [0, 0.05) is 27.2 Å². The van der Waals surface area contributed by atoms with E-state index in [2.05, 4.69) is 0 Å². The molecule has 1 heterocycles. The Morgan fingerprint density at radius 2 is 2.00 bits per heavy atom. The van der Waals surface area contributed by atoms with Crippen molar-refractivity contribution in [3.8, 4) is 0 Å². The molecule has 2 atom stereocenters. The first kappa shape index (κ1) is 16.0. The van der Waals surface area contributed by atoms with Crippen molar-refractivity contribution >= 4 is 16.8 Å². The zero-order valence-electron chi connectivity index (χ0n) is 12.1. The van der Waals surface area contributed by atoms with Gasteiger partial charge in [-0.15, -0.1) is 0 Å². The Bertz CT molecular complexity index is 468. The molecular formula is C14H22O4S. The first-order valence-electron chi connectivity index (χ1n) is 6.33. The van der Waals surface area contributed by atoms with Gasteiger partial charge in [-0.05, 0) is 32.8 Å². The molecule has 0 aliphatic heterocycles. The van der Waals surface area contributed by atoms with Crippen molar-refractivity contribution in [3.05, 3.63) is 23.7 Å². The van der Waals surface area contributed by atoms with Crippen molar-refractivity contribution in [2.45, 2.75) is 45.3 Å². The van der Waals surface area contributed by atoms with Gasteiger partial charge in [-0.25, -0.2) is 4.79 Å². The maximum absolute atomic E-state index is 12.3. The molecule has 0 aromatic carbocycles. The van der Waals surface area contributed by atoms with Gasteiger partial charge in [0.05, 0.1) is 6.26 Å². The van der Waals surface area contributed by atoms with E-state index >= 15 is 0 Å². The van der Waals surface area contributed by atoms with Crippen LogP contribution in [-0.4, -0.2) is 25.8 Å². The van der Waals surface area contributed by atoms with Gasteiger partial charge in [-0.2, -0.15) is 0 Å². The Kier molecular flexibility index (Phi) is 4.96. The minimum atomic E-state index is -1.05. The zero-order valence-corrected chi connectivity index (χ0v) is 12.9. The standard InChI is InChI=1S/C14H22O4S/c1-9(2)11(8-19(17)14(3,4)5)12-10(13(15)16)6-7-18-12/h6-7,9,11H,8H2,1-5H3,(H,15,16). The Labute approximate surface area is 116 Å². The maximum atomic E-state index is 12.3. The first-order valence-corrected chi connectivity index (χ1v) is 7.65. The number of rotatable bonds is 5. The predicted octanol–water partition coefficient (Wildman–Crippen LogP) is 3.26. The van der Waals surface area contributed by atoms with Crippen LogP contribution in [0.25, 0.3) is 0 Å². The van der Waals surface area contributed by atoms with E-state index in [0.29, 0.717) is 11.5 Å². The predicted molar refractivity (Wildman–Crippen MR) is 76.0 cm³/mol. The second kappa shape index (κ2) is 5.90. The summed E-state index contributed by atoms with van der Waals surface area (Å²) in [7, 11) is -1.05. The summed E-state index contributed by atoms with van der Waals surface area (Å²) in [4.78, 5) is 11.2. The summed E-state index contributed by atoms with van der Waals surface area (Å²) in [5.74, 6) is -0.151. The molecule has 2 unspecified atom stereocenters. The normalized spacial score (nSPS) is 15.5. The lowest BCUT2D eigenvalue weighted by Crippen LogP contribution is -2.28. The van der Waals surface area contributed by atoms with Gasteiger partial charge >= 0.3 is 5.97 Å². The molecule has 1 rings (SSSR count). The van der Waals surface area contributed by atoms with Crippen molar-refractivity contribution in [2.24, 2.45) is 5.92 Å².